The van der Waals surface area contributed by atoms with Crippen LogP contribution in [0.5, 0.6) is 0 Å². The summed E-state index contributed by atoms with van der Waals surface area (Å²) in [6, 6.07) is -0.929. The van der Waals surface area contributed by atoms with E-state index in [2.05, 4.69) is 16.0 Å². The Balaban J connectivity index is 1.98. The first kappa shape index (κ1) is 25.9. The molecule has 3 fully saturated rings. The summed E-state index contributed by atoms with van der Waals surface area (Å²) >= 11 is 2.91. The van der Waals surface area contributed by atoms with Gasteiger partial charge in [0.05, 0.1) is 12.1 Å². The summed E-state index contributed by atoms with van der Waals surface area (Å²) in [7, 11) is 0. The van der Waals surface area contributed by atoms with Crippen LogP contribution in [0, 0.1) is 0 Å². The minimum atomic E-state index is -1.86. The maximum atomic E-state index is 13.8. The molecule has 3 aliphatic heterocycles. The normalized spacial score (nSPS) is 32.2. The molecule has 0 aromatic heterocycles. The highest BCUT2D eigenvalue weighted by atomic mass is 32.2. The van der Waals surface area contributed by atoms with Crippen LogP contribution in [0.15, 0.2) is 0 Å². The van der Waals surface area contributed by atoms with Crippen molar-refractivity contribution in [1.29, 1.82) is 0 Å². The predicted octanol–water partition coefficient (Wildman–Crippen LogP) is 1.71. The number of urea groups is 1. The minimum Gasteiger partial charge on any atom is -0.332 e. The van der Waals surface area contributed by atoms with Crippen molar-refractivity contribution in [3.05, 3.63) is 0 Å². The van der Waals surface area contributed by atoms with Gasteiger partial charge in [-0.3, -0.25) is 24.1 Å². The number of carbonyl (C=O) groups excluding carboxylic acids is 5. The Morgan fingerprint density at radius 1 is 1.24 bits per heavy atom. The molecule has 0 aliphatic carbocycles. The number of rotatable bonds is 8. The molecule has 3 rings (SSSR count). The van der Waals surface area contributed by atoms with E-state index in [1.54, 1.807) is 0 Å². The summed E-state index contributed by atoms with van der Waals surface area (Å²) < 4.78 is -0.984. The van der Waals surface area contributed by atoms with Gasteiger partial charge in [0.25, 0.3) is 0 Å². The quantitative estimate of drug-likeness (QED) is 0.344. The number of fused-ring (bicyclic) bond motifs is 2. The number of nitrogens with one attached hydrogen (secondary N) is 3. The van der Waals surface area contributed by atoms with Crippen LogP contribution in [0.2, 0.25) is 0 Å². The largest absolute Gasteiger partial charge is 0.332 e. The Hall–Kier alpha value is -1.75. The lowest BCUT2D eigenvalue weighted by Gasteiger charge is -2.42. The van der Waals surface area contributed by atoms with Crippen LogP contribution in [-0.2, 0) is 19.2 Å². The number of amides is 5. The predicted molar refractivity (Wildman–Crippen MR) is 128 cm³/mol. The van der Waals surface area contributed by atoms with Gasteiger partial charge in [0.15, 0.2) is 5.66 Å². The molecular formula is C22H33N4O5S2. The van der Waals surface area contributed by atoms with E-state index in [9.17, 15) is 24.0 Å². The van der Waals surface area contributed by atoms with Crippen LogP contribution in [0.1, 0.15) is 64.7 Å². The second-order valence-electron chi connectivity index (χ2n) is 8.85. The molecule has 9 nitrogen and oxygen atoms in total. The third-order valence-electron chi connectivity index (χ3n) is 6.63. The lowest BCUT2D eigenvalue weighted by molar-refractivity contribution is -0.152. The van der Waals surface area contributed by atoms with Crippen LogP contribution < -0.4 is 16.0 Å². The van der Waals surface area contributed by atoms with Crippen molar-refractivity contribution >= 4 is 53.6 Å². The van der Waals surface area contributed by atoms with Crippen molar-refractivity contribution in [2.24, 2.45) is 0 Å². The molecule has 3 heterocycles. The lowest BCUT2D eigenvalue weighted by Crippen LogP contribution is -2.69. The van der Waals surface area contributed by atoms with Crippen molar-refractivity contribution in [2.45, 2.75) is 87.2 Å². The summed E-state index contributed by atoms with van der Waals surface area (Å²) in [6.07, 6.45) is 7.96. The highest BCUT2D eigenvalue weighted by Gasteiger charge is 2.59. The van der Waals surface area contributed by atoms with Gasteiger partial charge in [-0.05, 0) is 31.3 Å². The van der Waals surface area contributed by atoms with E-state index in [0.717, 1.165) is 17.7 Å². The van der Waals surface area contributed by atoms with E-state index in [4.69, 9.17) is 0 Å². The molecule has 1 spiro atoms. The first-order valence-corrected chi connectivity index (χ1v) is 14.0. The first-order valence-electron chi connectivity index (χ1n) is 11.6. The Bertz CT molecular complexity index is 797. The van der Waals surface area contributed by atoms with Crippen LogP contribution >= 0.6 is 23.5 Å². The number of imide groups is 1. The molecule has 3 aliphatic rings. The van der Waals surface area contributed by atoms with Gasteiger partial charge in [0.2, 0.25) is 24.0 Å². The molecule has 0 bridgehead atoms. The van der Waals surface area contributed by atoms with Gasteiger partial charge < -0.3 is 16.0 Å². The first-order chi connectivity index (χ1) is 15.8. The zero-order chi connectivity index (χ0) is 24.1. The average molecular weight is 498 g/mol. The third-order valence-corrected chi connectivity index (χ3v) is 8.93. The Labute approximate surface area is 203 Å². The van der Waals surface area contributed by atoms with Crippen molar-refractivity contribution in [2.75, 3.05) is 17.8 Å². The summed E-state index contributed by atoms with van der Waals surface area (Å²) in [4.78, 5) is 65.7. The van der Waals surface area contributed by atoms with Gasteiger partial charge in [0, 0.05) is 25.0 Å². The van der Waals surface area contributed by atoms with E-state index in [-0.39, 0.29) is 31.3 Å². The van der Waals surface area contributed by atoms with Gasteiger partial charge in [-0.15, -0.1) is 11.8 Å². The van der Waals surface area contributed by atoms with Gasteiger partial charge in [-0.1, -0.05) is 26.2 Å². The molecule has 0 unspecified atom stereocenters. The monoisotopic (exact) mass is 497 g/mol. The van der Waals surface area contributed by atoms with Gasteiger partial charge in [-0.2, -0.15) is 11.8 Å². The van der Waals surface area contributed by atoms with Crippen LogP contribution in [-0.4, -0.2) is 75.2 Å². The third kappa shape index (κ3) is 5.18. The van der Waals surface area contributed by atoms with E-state index < -0.39 is 34.2 Å². The van der Waals surface area contributed by atoms with E-state index in [0.29, 0.717) is 37.2 Å². The molecule has 4 atom stereocenters. The highest BCUT2D eigenvalue weighted by molar-refractivity contribution is 8.01. The van der Waals surface area contributed by atoms with Crippen molar-refractivity contribution in [1.82, 2.24) is 20.9 Å². The fourth-order valence-electron chi connectivity index (χ4n) is 4.87. The Morgan fingerprint density at radius 2 is 2.03 bits per heavy atom. The maximum Gasteiger partial charge on any atom is 0.315 e. The topological polar surface area (TPSA) is 125 Å². The number of hydrogen-bond acceptors (Lipinski definition) is 7. The molecule has 183 valence electrons. The van der Waals surface area contributed by atoms with Gasteiger partial charge >= 0.3 is 6.03 Å². The van der Waals surface area contributed by atoms with Crippen molar-refractivity contribution < 1.29 is 24.0 Å². The van der Waals surface area contributed by atoms with E-state index >= 15 is 0 Å². The maximum absolute atomic E-state index is 13.8. The van der Waals surface area contributed by atoms with E-state index in [1.165, 1.54) is 23.5 Å². The fraction of sp³-hybridized carbons (Fsp3) is 0.773. The Morgan fingerprint density at radius 3 is 2.73 bits per heavy atom. The zero-order valence-corrected chi connectivity index (χ0v) is 20.9. The summed E-state index contributed by atoms with van der Waals surface area (Å²) in [6.45, 7) is 2.02. The van der Waals surface area contributed by atoms with Crippen LogP contribution in [0.25, 0.3) is 0 Å². The summed E-state index contributed by atoms with van der Waals surface area (Å²) in [5, 5.41) is 8.53. The molecule has 0 aromatic rings. The standard InChI is InChI=1S/C22H33N4O5S2/c1-3-4-5-8-16(28)26-17(29)9-6-7-10-22(18-15(13-33-22)23-20(31)24-18)19(30)25-21(26,14-27)11-12-32-2/h15,18H,3-13H2,1-2H3,(H,25,30)(H2,23,24,31)/t15-,18-,21-,22-/m0/s1. The number of unbranched alkanes of at least 4 members (excludes halogenated alkanes) is 2. The number of thioether (sulfide) groups is 2. The second-order valence-corrected chi connectivity index (χ2v) is 11.2. The molecule has 1 radical (unpaired) electrons. The molecule has 11 heteroatoms. The van der Waals surface area contributed by atoms with Gasteiger partial charge in [-0.25, -0.2) is 4.79 Å². The second kappa shape index (κ2) is 11.1. The van der Waals surface area contributed by atoms with Gasteiger partial charge in [0.1, 0.15) is 4.75 Å². The number of hydrogen-bond donors (Lipinski definition) is 3. The number of carbonyl (C=O) groups is 4. The van der Waals surface area contributed by atoms with Crippen LogP contribution in [0.4, 0.5) is 4.79 Å². The average Bonchev–Trinajstić information content (AvgIpc) is 3.32. The van der Waals surface area contributed by atoms with Crippen molar-refractivity contribution in [3.63, 3.8) is 0 Å². The van der Waals surface area contributed by atoms with Crippen LogP contribution in [0.3, 0.4) is 0 Å². The molecule has 33 heavy (non-hydrogen) atoms. The molecule has 3 saturated heterocycles. The lowest BCUT2D eigenvalue weighted by atomic mass is 9.87. The van der Waals surface area contributed by atoms with Crippen molar-refractivity contribution in [3.8, 4) is 0 Å². The Kier molecular flexibility index (Phi) is 8.71. The molecule has 0 saturated carbocycles. The number of nitrogens with zero attached hydrogens (tertiary/aromatic N) is 1. The van der Waals surface area contributed by atoms with E-state index in [1.807, 2.05) is 19.5 Å². The zero-order valence-electron chi connectivity index (χ0n) is 19.2. The minimum absolute atomic E-state index is 0.0775. The highest BCUT2D eigenvalue weighted by Crippen LogP contribution is 2.45. The summed E-state index contributed by atoms with van der Waals surface area (Å²) in [5.74, 6) is -0.329. The molecule has 0 aromatic carbocycles. The molecule has 3 N–H and O–H groups in total. The fourth-order valence-corrected chi connectivity index (χ4v) is 6.99. The molecule has 5 amide bonds. The molecular weight excluding hydrogens is 464 g/mol. The smallest absolute Gasteiger partial charge is 0.315 e. The summed E-state index contributed by atoms with van der Waals surface area (Å²) in [5.41, 5.74) is -1.86. The SMILES string of the molecule is CCCCCC(=O)N1C(=O)CCCC[C@@]2(SC[C@@H]3NC(=O)N[C@@H]32)C(=O)N[C@@]1([C]=O)CCSC.